The lowest BCUT2D eigenvalue weighted by Crippen LogP contribution is -1.97. The number of aliphatic carboxylic acids is 1. The van der Waals surface area contributed by atoms with Crippen LogP contribution < -0.4 is 0 Å². The van der Waals surface area contributed by atoms with Gasteiger partial charge in [-0.3, -0.25) is 4.79 Å². The number of rotatable bonds is 5. The topological polar surface area (TPSA) is 63.3 Å². The van der Waals surface area contributed by atoms with E-state index in [9.17, 15) is 9.90 Å². The molecule has 1 heterocycles. The number of hydrogen-bond acceptors (Lipinski definition) is 3. The molecule has 2 aromatic carbocycles. The fraction of sp³-hybridized carbons (Fsp3) is 0.200. The summed E-state index contributed by atoms with van der Waals surface area (Å²) in [5.41, 5.74) is 4.10. The summed E-state index contributed by atoms with van der Waals surface area (Å²) in [6, 6.07) is 15.5. The van der Waals surface area contributed by atoms with Crippen LogP contribution in [0.15, 0.2) is 52.9 Å². The molecule has 4 heteroatoms. The van der Waals surface area contributed by atoms with Crippen molar-refractivity contribution in [1.82, 2.24) is 4.98 Å². The first-order chi connectivity index (χ1) is 11.5. The number of hydrogen-bond donors (Lipinski definition) is 1. The summed E-state index contributed by atoms with van der Waals surface area (Å²) < 4.78 is 5.72. The molecule has 0 unspecified atom stereocenters. The second-order valence-electron chi connectivity index (χ2n) is 6.05. The molecule has 0 fully saturated rings. The molecule has 1 N–H and O–H groups in total. The third-order valence-corrected chi connectivity index (χ3v) is 3.85. The maximum absolute atomic E-state index is 11.2. The Bertz CT molecular complexity index is 856. The van der Waals surface area contributed by atoms with Gasteiger partial charge in [0.15, 0.2) is 5.58 Å². The molecular weight excluding hydrogens is 302 g/mol. The molecule has 0 atom stereocenters. The SMILES string of the molecule is CC(C)c1ccc(C=C(CC(=O)O)c2nc3ccccc3o2)cc1. The fourth-order valence-electron chi connectivity index (χ4n) is 2.54. The summed E-state index contributed by atoms with van der Waals surface area (Å²) >= 11 is 0. The largest absolute Gasteiger partial charge is 0.481 e. The van der Waals surface area contributed by atoms with E-state index >= 15 is 0 Å². The van der Waals surface area contributed by atoms with Crippen molar-refractivity contribution >= 4 is 28.7 Å². The van der Waals surface area contributed by atoms with Crippen LogP contribution in [0.3, 0.4) is 0 Å². The Morgan fingerprint density at radius 2 is 1.88 bits per heavy atom. The van der Waals surface area contributed by atoms with Crippen LogP contribution in [0.25, 0.3) is 22.7 Å². The Morgan fingerprint density at radius 3 is 2.50 bits per heavy atom. The number of oxazole rings is 1. The number of para-hydroxylation sites is 2. The van der Waals surface area contributed by atoms with Gasteiger partial charge in [-0.2, -0.15) is 0 Å². The summed E-state index contributed by atoms with van der Waals surface area (Å²) in [7, 11) is 0. The third kappa shape index (κ3) is 3.54. The zero-order valence-corrected chi connectivity index (χ0v) is 13.7. The molecule has 0 aliphatic rings. The number of fused-ring (bicyclic) bond motifs is 1. The Hall–Kier alpha value is -2.88. The Labute approximate surface area is 140 Å². The van der Waals surface area contributed by atoms with Crippen molar-refractivity contribution in [3.8, 4) is 0 Å². The molecule has 1 aromatic heterocycles. The van der Waals surface area contributed by atoms with E-state index in [1.54, 1.807) is 0 Å². The van der Waals surface area contributed by atoms with E-state index < -0.39 is 5.97 Å². The highest BCUT2D eigenvalue weighted by molar-refractivity contribution is 5.90. The minimum Gasteiger partial charge on any atom is -0.481 e. The predicted octanol–water partition coefficient (Wildman–Crippen LogP) is 4.97. The van der Waals surface area contributed by atoms with Crippen LogP contribution in [0.5, 0.6) is 0 Å². The molecule has 3 rings (SSSR count). The highest BCUT2D eigenvalue weighted by Gasteiger charge is 2.14. The number of carboxylic acid groups (broad SMARTS) is 1. The van der Waals surface area contributed by atoms with Gasteiger partial charge in [-0.05, 0) is 35.3 Å². The molecule has 0 bridgehead atoms. The van der Waals surface area contributed by atoms with Crippen LogP contribution in [0.1, 0.15) is 43.2 Å². The molecule has 0 saturated heterocycles. The summed E-state index contributed by atoms with van der Waals surface area (Å²) in [6.07, 6.45) is 1.68. The number of aromatic nitrogens is 1. The van der Waals surface area contributed by atoms with Gasteiger partial charge in [0.2, 0.25) is 5.89 Å². The fourth-order valence-corrected chi connectivity index (χ4v) is 2.54. The maximum atomic E-state index is 11.2. The van der Waals surface area contributed by atoms with E-state index in [1.807, 2.05) is 42.5 Å². The van der Waals surface area contributed by atoms with Crippen molar-refractivity contribution in [3.05, 3.63) is 65.5 Å². The average molecular weight is 321 g/mol. The van der Waals surface area contributed by atoms with Crippen molar-refractivity contribution in [2.45, 2.75) is 26.2 Å². The van der Waals surface area contributed by atoms with Gasteiger partial charge in [0, 0.05) is 5.57 Å². The zero-order valence-electron chi connectivity index (χ0n) is 13.7. The van der Waals surface area contributed by atoms with E-state index in [0.29, 0.717) is 23.0 Å². The van der Waals surface area contributed by atoms with Crippen molar-refractivity contribution < 1.29 is 14.3 Å². The smallest absolute Gasteiger partial charge is 0.308 e. The quantitative estimate of drug-likeness (QED) is 0.721. The average Bonchev–Trinajstić information content (AvgIpc) is 2.98. The molecule has 0 radical (unpaired) electrons. The maximum Gasteiger partial charge on any atom is 0.308 e. The van der Waals surface area contributed by atoms with Crippen LogP contribution in [-0.4, -0.2) is 16.1 Å². The van der Waals surface area contributed by atoms with Crippen LogP contribution in [0.2, 0.25) is 0 Å². The lowest BCUT2D eigenvalue weighted by atomic mass is 10.0. The minimum atomic E-state index is -0.915. The molecule has 0 saturated carbocycles. The highest BCUT2D eigenvalue weighted by atomic mass is 16.4. The molecule has 24 heavy (non-hydrogen) atoms. The van der Waals surface area contributed by atoms with Crippen molar-refractivity contribution in [1.29, 1.82) is 0 Å². The van der Waals surface area contributed by atoms with E-state index in [4.69, 9.17) is 4.42 Å². The zero-order chi connectivity index (χ0) is 17.1. The Balaban J connectivity index is 2.00. The first kappa shape index (κ1) is 16.0. The van der Waals surface area contributed by atoms with Gasteiger partial charge in [-0.1, -0.05) is 50.2 Å². The summed E-state index contributed by atoms with van der Waals surface area (Å²) in [5.74, 6) is -0.104. The van der Waals surface area contributed by atoms with Gasteiger partial charge in [0.1, 0.15) is 5.52 Å². The van der Waals surface area contributed by atoms with Gasteiger partial charge >= 0.3 is 5.97 Å². The van der Waals surface area contributed by atoms with E-state index in [-0.39, 0.29) is 6.42 Å². The van der Waals surface area contributed by atoms with Crippen molar-refractivity contribution in [2.75, 3.05) is 0 Å². The van der Waals surface area contributed by atoms with Crippen LogP contribution in [0.4, 0.5) is 0 Å². The van der Waals surface area contributed by atoms with Crippen molar-refractivity contribution in [3.63, 3.8) is 0 Å². The second-order valence-corrected chi connectivity index (χ2v) is 6.05. The Kier molecular flexibility index (Phi) is 4.47. The predicted molar refractivity (Wildman–Crippen MR) is 94.7 cm³/mol. The van der Waals surface area contributed by atoms with E-state index in [2.05, 4.69) is 31.0 Å². The molecule has 0 aliphatic carbocycles. The molecule has 0 aliphatic heterocycles. The summed E-state index contributed by atoms with van der Waals surface area (Å²) in [6.45, 7) is 4.28. The van der Waals surface area contributed by atoms with Gasteiger partial charge < -0.3 is 9.52 Å². The normalized spacial score (nSPS) is 12.0. The standard InChI is InChI=1S/C20H19NO3/c1-13(2)15-9-7-14(8-10-15)11-16(12-19(22)23)20-21-17-5-3-4-6-18(17)24-20/h3-11,13H,12H2,1-2H3,(H,22,23). The number of carboxylic acids is 1. The van der Waals surface area contributed by atoms with Crippen molar-refractivity contribution in [2.24, 2.45) is 0 Å². The van der Waals surface area contributed by atoms with Gasteiger partial charge in [-0.15, -0.1) is 0 Å². The molecule has 0 spiro atoms. The highest BCUT2D eigenvalue weighted by Crippen LogP contribution is 2.26. The lowest BCUT2D eigenvalue weighted by Gasteiger charge is -2.06. The van der Waals surface area contributed by atoms with E-state index in [1.165, 1.54) is 5.56 Å². The monoisotopic (exact) mass is 321 g/mol. The minimum absolute atomic E-state index is 0.140. The van der Waals surface area contributed by atoms with E-state index in [0.717, 1.165) is 11.1 Å². The number of benzene rings is 2. The molecule has 122 valence electrons. The summed E-state index contributed by atoms with van der Waals surface area (Å²) in [5, 5.41) is 9.20. The third-order valence-electron chi connectivity index (χ3n) is 3.85. The second kappa shape index (κ2) is 6.71. The molecular formula is C20H19NO3. The first-order valence-electron chi connectivity index (χ1n) is 7.91. The summed E-state index contributed by atoms with van der Waals surface area (Å²) in [4.78, 5) is 15.6. The van der Waals surface area contributed by atoms with Crippen LogP contribution in [-0.2, 0) is 4.79 Å². The van der Waals surface area contributed by atoms with Crippen LogP contribution in [0, 0.1) is 0 Å². The molecule has 0 amide bonds. The number of carbonyl (C=O) groups is 1. The van der Waals surface area contributed by atoms with Crippen LogP contribution >= 0.6 is 0 Å². The molecule has 3 aromatic rings. The van der Waals surface area contributed by atoms with Gasteiger partial charge in [0.05, 0.1) is 6.42 Å². The molecule has 4 nitrogen and oxygen atoms in total. The first-order valence-corrected chi connectivity index (χ1v) is 7.91. The number of nitrogens with zero attached hydrogens (tertiary/aromatic N) is 1. The van der Waals surface area contributed by atoms with Gasteiger partial charge in [0.25, 0.3) is 0 Å². The lowest BCUT2D eigenvalue weighted by molar-refractivity contribution is -0.135. The Morgan fingerprint density at radius 1 is 1.17 bits per heavy atom. The van der Waals surface area contributed by atoms with Gasteiger partial charge in [-0.25, -0.2) is 4.98 Å².